The molecule has 0 saturated carbocycles. The number of nitrogens with one attached hydrogen (secondary N) is 1. The second-order valence-electron chi connectivity index (χ2n) is 7.79. The van der Waals surface area contributed by atoms with E-state index in [2.05, 4.69) is 5.32 Å². The summed E-state index contributed by atoms with van der Waals surface area (Å²) in [4.78, 5) is 41.3. The summed E-state index contributed by atoms with van der Waals surface area (Å²) in [6.45, 7) is 0.853. The zero-order chi connectivity index (χ0) is 23.0. The molecule has 2 aromatic carbocycles. The van der Waals surface area contributed by atoms with Crippen LogP contribution in [-0.4, -0.2) is 66.8 Å². The number of anilines is 1. The third kappa shape index (κ3) is 4.05. The molecule has 0 unspecified atom stereocenters. The van der Waals surface area contributed by atoms with Crippen molar-refractivity contribution in [3.05, 3.63) is 53.6 Å². The summed E-state index contributed by atoms with van der Waals surface area (Å²) in [7, 11) is 1.77. The van der Waals surface area contributed by atoms with Gasteiger partial charge in [-0.3, -0.25) is 14.4 Å². The summed E-state index contributed by atoms with van der Waals surface area (Å²) in [5.74, 6) is -0.908. The molecule has 2 aliphatic heterocycles. The molecule has 2 aromatic rings. The van der Waals surface area contributed by atoms with Crippen molar-refractivity contribution in [1.82, 2.24) is 9.80 Å². The minimum absolute atomic E-state index is 0.0960. The van der Waals surface area contributed by atoms with Crippen molar-refractivity contribution in [1.29, 1.82) is 0 Å². The molecular weight excluding hydrogens is 425 g/mol. The lowest BCUT2D eigenvalue weighted by molar-refractivity contribution is -0.616. The van der Waals surface area contributed by atoms with Gasteiger partial charge in [0, 0.05) is 13.1 Å². The number of amides is 3. The molecule has 7 nitrogen and oxygen atoms in total. The zero-order valence-corrected chi connectivity index (χ0v) is 17.3. The first-order valence-corrected chi connectivity index (χ1v) is 10.2. The minimum Gasteiger partial charge on any atom is -0.341 e. The van der Waals surface area contributed by atoms with Crippen LogP contribution in [0.2, 0.25) is 0 Å². The van der Waals surface area contributed by atoms with Crippen LogP contribution in [0.25, 0.3) is 11.1 Å². The van der Waals surface area contributed by atoms with E-state index in [9.17, 15) is 27.6 Å². The number of rotatable bonds is 3. The lowest BCUT2D eigenvalue weighted by Gasteiger charge is -2.39. The molecule has 0 aromatic heterocycles. The van der Waals surface area contributed by atoms with Gasteiger partial charge in [-0.05, 0) is 35.4 Å². The molecule has 0 spiro atoms. The molecule has 3 N–H and O–H groups in total. The topological polar surface area (TPSA) is 86.3 Å². The Hall–Kier alpha value is -3.40. The quantitative estimate of drug-likeness (QED) is 0.741. The molecule has 0 aliphatic carbocycles. The summed E-state index contributed by atoms with van der Waals surface area (Å²) < 4.78 is 39.3. The number of hydrogen-bond donors (Lipinski definition) is 2. The zero-order valence-electron chi connectivity index (χ0n) is 17.3. The second kappa shape index (κ2) is 8.27. The van der Waals surface area contributed by atoms with Gasteiger partial charge < -0.3 is 20.4 Å². The van der Waals surface area contributed by atoms with E-state index in [1.807, 2.05) is 0 Å². The third-order valence-corrected chi connectivity index (χ3v) is 5.71. The van der Waals surface area contributed by atoms with E-state index in [0.717, 1.165) is 12.1 Å². The molecule has 168 valence electrons. The number of alkyl halides is 3. The Bertz CT molecular complexity index is 1090. The van der Waals surface area contributed by atoms with Gasteiger partial charge in [-0.2, -0.15) is 13.2 Å². The average Bonchev–Trinajstić information content (AvgIpc) is 2.87. The van der Waals surface area contributed by atoms with Gasteiger partial charge in [-0.1, -0.05) is 18.2 Å². The van der Waals surface area contributed by atoms with Crippen molar-refractivity contribution >= 4 is 23.4 Å². The number of halogens is 3. The molecular formula is C22H22F3N4O3+. The van der Waals surface area contributed by atoms with Crippen molar-refractivity contribution < 1.29 is 32.9 Å². The van der Waals surface area contributed by atoms with Gasteiger partial charge in [0.25, 0.3) is 11.8 Å². The first kappa shape index (κ1) is 21.8. The highest BCUT2D eigenvalue weighted by atomic mass is 19.4. The number of likely N-dealkylation sites (N-methyl/N-ethyl adjacent to an activating group) is 1. The molecule has 32 heavy (non-hydrogen) atoms. The Morgan fingerprint density at radius 2 is 1.88 bits per heavy atom. The maximum Gasteiger partial charge on any atom is 0.416 e. The molecule has 0 bridgehead atoms. The van der Waals surface area contributed by atoms with E-state index in [-0.39, 0.29) is 31.1 Å². The van der Waals surface area contributed by atoms with Crippen molar-refractivity contribution in [2.45, 2.75) is 12.2 Å². The number of benzene rings is 2. The second-order valence-corrected chi connectivity index (χ2v) is 7.79. The summed E-state index contributed by atoms with van der Waals surface area (Å²) in [5, 5.41) is 4.46. The Balaban J connectivity index is 1.66. The van der Waals surface area contributed by atoms with Crippen molar-refractivity contribution in [2.24, 2.45) is 0 Å². The average molecular weight is 447 g/mol. The number of quaternary nitrogens is 1. The molecule has 4 rings (SSSR count). The van der Waals surface area contributed by atoms with Crippen LogP contribution in [0.4, 0.5) is 18.9 Å². The number of nitrogens with two attached hydrogens (primary N) is 1. The van der Waals surface area contributed by atoms with Crippen LogP contribution >= 0.6 is 0 Å². The largest absolute Gasteiger partial charge is 0.416 e. The smallest absolute Gasteiger partial charge is 0.341 e. The third-order valence-electron chi connectivity index (χ3n) is 5.71. The lowest BCUT2D eigenvalue weighted by Crippen LogP contribution is -2.83. The first-order valence-electron chi connectivity index (χ1n) is 10.2. The van der Waals surface area contributed by atoms with Gasteiger partial charge in [0.2, 0.25) is 5.91 Å². The predicted octanol–water partition coefficient (Wildman–Crippen LogP) is 1.17. The van der Waals surface area contributed by atoms with E-state index in [4.69, 9.17) is 0 Å². The van der Waals surface area contributed by atoms with Crippen LogP contribution in [0.1, 0.15) is 15.9 Å². The van der Waals surface area contributed by atoms with Gasteiger partial charge >= 0.3 is 6.18 Å². The van der Waals surface area contributed by atoms with E-state index in [1.54, 1.807) is 23.3 Å². The highest BCUT2D eigenvalue weighted by Crippen LogP contribution is 2.34. The SMILES string of the molecule is C[NH2+]CC(=O)N1CCN2C(=O)c3cc(-c4cccc(C(F)(F)F)c4)ccc3NC(=O)[C@H]2C1. The van der Waals surface area contributed by atoms with E-state index >= 15 is 0 Å². The van der Waals surface area contributed by atoms with E-state index < -0.39 is 29.6 Å². The molecule has 0 radical (unpaired) electrons. The fourth-order valence-electron chi connectivity index (χ4n) is 4.04. The molecule has 1 saturated heterocycles. The number of carbonyl (C=O) groups excluding carboxylic acids is 3. The van der Waals surface area contributed by atoms with E-state index in [1.165, 1.54) is 29.2 Å². The predicted molar refractivity (Wildman–Crippen MR) is 110 cm³/mol. The molecule has 2 aliphatic rings. The number of hydrogen-bond acceptors (Lipinski definition) is 3. The Labute approximate surface area is 182 Å². The lowest BCUT2D eigenvalue weighted by atomic mass is 9.99. The number of fused-ring (bicyclic) bond motifs is 2. The van der Waals surface area contributed by atoms with Crippen LogP contribution < -0.4 is 10.6 Å². The molecule has 1 atom stereocenters. The van der Waals surface area contributed by atoms with Crippen LogP contribution in [0.15, 0.2) is 42.5 Å². The molecule has 2 heterocycles. The van der Waals surface area contributed by atoms with Crippen LogP contribution in [0.5, 0.6) is 0 Å². The summed E-state index contributed by atoms with van der Waals surface area (Å²) >= 11 is 0. The Morgan fingerprint density at radius 3 is 2.59 bits per heavy atom. The highest BCUT2D eigenvalue weighted by Gasteiger charge is 2.40. The van der Waals surface area contributed by atoms with Crippen LogP contribution in [-0.2, 0) is 15.8 Å². The Kier molecular flexibility index (Phi) is 5.64. The normalized spacial score (nSPS) is 18.6. The van der Waals surface area contributed by atoms with Gasteiger partial charge in [0.15, 0.2) is 6.54 Å². The molecule has 10 heteroatoms. The number of nitrogens with zero attached hydrogens (tertiary/aromatic N) is 2. The van der Waals surface area contributed by atoms with Crippen molar-refractivity contribution in [3.8, 4) is 11.1 Å². The fraction of sp³-hybridized carbons (Fsp3) is 0.318. The van der Waals surface area contributed by atoms with Gasteiger partial charge in [0.1, 0.15) is 6.04 Å². The van der Waals surface area contributed by atoms with Crippen molar-refractivity contribution in [2.75, 3.05) is 38.5 Å². The standard InChI is InChI=1S/C22H21F3N4O3/c1-26-11-19(30)28-7-8-29-18(12-28)20(31)27-17-6-5-14(10-16(17)21(29)32)13-3-2-4-15(9-13)22(23,24)25/h2-6,9-10,18,26H,7-8,11-12H2,1H3,(H,27,31)/p+1/t18-/m1/s1. The first-order chi connectivity index (χ1) is 15.2. The monoisotopic (exact) mass is 447 g/mol. The minimum atomic E-state index is -4.48. The highest BCUT2D eigenvalue weighted by molar-refractivity contribution is 6.10. The van der Waals surface area contributed by atoms with E-state index in [0.29, 0.717) is 23.4 Å². The molecule has 3 amide bonds. The number of piperazine rings is 1. The fourth-order valence-corrected chi connectivity index (χ4v) is 4.04. The van der Waals surface area contributed by atoms with Gasteiger partial charge in [-0.15, -0.1) is 0 Å². The molecule has 1 fully saturated rings. The maximum absolute atomic E-state index is 13.3. The van der Waals surface area contributed by atoms with Crippen LogP contribution in [0.3, 0.4) is 0 Å². The van der Waals surface area contributed by atoms with Crippen LogP contribution in [0, 0.1) is 0 Å². The van der Waals surface area contributed by atoms with Crippen molar-refractivity contribution in [3.63, 3.8) is 0 Å². The Morgan fingerprint density at radius 1 is 1.12 bits per heavy atom. The summed E-state index contributed by atoms with van der Waals surface area (Å²) in [6, 6.07) is 8.62. The van der Waals surface area contributed by atoms with Gasteiger partial charge in [-0.25, -0.2) is 0 Å². The summed E-state index contributed by atoms with van der Waals surface area (Å²) in [5.41, 5.74) is 0.467. The number of carbonyl (C=O) groups is 3. The maximum atomic E-state index is 13.3. The van der Waals surface area contributed by atoms with Gasteiger partial charge in [0.05, 0.1) is 30.4 Å². The summed E-state index contributed by atoms with van der Waals surface area (Å²) in [6.07, 6.45) is -4.48.